The van der Waals surface area contributed by atoms with Crippen molar-refractivity contribution < 1.29 is 14.4 Å². The van der Waals surface area contributed by atoms with Crippen LogP contribution >= 0.6 is 7.75 Å². The fourth-order valence-corrected chi connectivity index (χ4v) is 2.26. The Kier molecular flexibility index (Phi) is 8.34. The molecule has 0 rings (SSSR count). The molecule has 0 heterocycles. The van der Waals surface area contributed by atoms with Crippen LogP contribution in [0.15, 0.2) is 0 Å². The van der Waals surface area contributed by atoms with Gasteiger partial charge in [-0.2, -0.15) is 0 Å². The Bertz CT molecular complexity index is 183. The van der Waals surface area contributed by atoms with Crippen molar-refractivity contribution in [2.75, 3.05) is 13.1 Å². The molecular weight excluding hydrogens is 213 g/mol. The molecule has 0 aliphatic rings. The number of rotatable bonds is 9. The molecule has 0 spiro atoms. The average molecular weight is 237 g/mol. The Morgan fingerprint density at radius 1 is 0.933 bits per heavy atom. The van der Waals surface area contributed by atoms with E-state index in [-0.39, 0.29) is 0 Å². The van der Waals surface area contributed by atoms with Crippen LogP contribution in [0.2, 0.25) is 0 Å². The fraction of sp³-hybridized carbons (Fsp3) is 1.00. The molecule has 0 aromatic carbocycles. The maximum absolute atomic E-state index is 11.1. The van der Waals surface area contributed by atoms with Crippen molar-refractivity contribution in [3.05, 3.63) is 0 Å². The highest BCUT2D eigenvalue weighted by molar-refractivity contribution is 7.49. The summed E-state index contributed by atoms with van der Waals surface area (Å²) in [4.78, 5) is 18.2. The summed E-state index contributed by atoms with van der Waals surface area (Å²) in [7, 11) is -4.02. The first-order valence-corrected chi connectivity index (χ1v) is 7.39. The molecule has 4 nitrogen and oxygen atoms in total. The molecule has 0 atom stereocenters. The lowest BCUT2D eigenvalue weighted by molar-refractivity contribution is 0.263. The van der Waals surface area contributed by atoms with Crippen LogP contribution in [0.3, 0.4) is 0 Å². The second kappa shape index (κ2) is 8.28. The van der Waals surface area contributed by atoms with Crippen LogP contribution in [0.4, 0.5) is 0 Å². The SMILES string of the molecule is CCCCCN(CCCCC)P(=O)(O)O. The first kappa shape index (κ1) is 15.1. The van der Waals surface area contributed by atoms with Gasteiger partial charge in [-0.1, -0.05) is 39.5 Å². The van der Waals surface area contributed by atoms with Gasteiger partial charge >= 0.3 is 7.75 Å². The average Bonchev–Trinajstić information content (AvgIpc) is 2.14. The van der Waals surface area contributed by atoms with Gasteiger partial charge < -0.3 is 9.79 Å². The summed E-state index contributed by atoms with van der Waals surface area (Å²) in [6.07, 6.45) is 5.95. The Morgan fingerprint density at radius 3 is 1.60 bits per heavy atom. The normalized spacial score (nSPS) is 12.3. The Balaban J connectivity index is 3.91. The Morgan fingerprint density at radius 2 is 1.33 bits per heavy atom. The second-order valence-corrected chi connectivity index (χ2v) is 5.47. The summed E-state index contributed by atoms with van der Waals surface area (Å²) in [5.74, 6) is 0. The van der Waals surface area contributed by atoms with Crippen LogP contribution in [0.25, 0.3) is 0 Å². The third-order valence-corrected chi connectivity index (χ3v) is 3.54. The smallest absolute Gasteiger partial charge is 0.312 e. The van der Waals surface area contributed by atoms with Crippen molar-refractivity contribution in [2.45, 2.75) is 52.4 Å². The van der Waals surface area contributed by atoms with E-state index in [1.54, 1.807) is 0 Å². The van der Waals surface area contributed by atoms with Crippen molar-refractivity contribution in [2.24, 2.45) is 0 Å². The van der Waals surface area contributed by atoms with Crippen molar-refractivity contribution in [1.82, 2.24) is 4.67 Å². The molecule has 0 radical (unpaired) electrons. The fourth-order valence-electron chi connectivity index (χ4n) is 1.46. The van der Waals surface area contributed by atoms with Crippen LogP contribution in [-0.4, -0.2) is 27.5 Å². The van der Waals surface area contributed by atoms with Crippen molar-refractivity contribution in [1.29, 1.82) is 0 Å². The molecule has 5 heteroatoms. The van der Waals surface area contributed by atoms with Crippen LogP contribution < -0.4 is 0 Å². The largest absolute Gasteiger partial charge is 0.402 e. The summed E-state index contributed by atoms with van der Waals surface area (Å²) in [5, 5.41) is 0. The third kappa shape index (κ3) is 7.97. The van der Waals surface area contributed by atoms with Gasteiger partial charge in [0.25, 0.3) is 0 Å². The molecule has 0 aliphatic heterocycles. The first-order chi connectivity index (χ1) is 7.02. The molecule has 0 unspecified atom stereocenters. The summed E-state index contributed by atoms with van der Waals surface area (Å²) in [6.45, 7) is 5.20. The molecule has 0 saturated carbocycles. The van der Waals surface area contributed by atoms with Gasteiger partial charge in [-0.15, -0.1) is 0 Å². The zero-order valence-corrected chi connectivity index (χ0v) is 10.7. The zero-order valence-electron chi connectivity index (χ0n) is 9.85. The van der Waals surface area contributed by atoms with Gasteiger partial charge in [-0.3, -0.25) is 0 Å². The van der Waals surface area contributed by atoms with E-state index < -0.39 is 7.75 Å². The van der Waals surface area contributed by atoms with Crippen LogP contribution in [0.1, 0.15) is 52.4 Å². The first-order valence-electron chi connectivity index (χ1n) is 5.83. The summed E-state index contributed by atoms with van der Waals surface area (Å²) >= 11 is 0. The number of hydrogen-bond donors (Lipinski definition) is 2. The predicted octanol–water partition coefficient (Wildman–Crippen LogP) is 2.76. The second-order valence-electron chi connectivity index (χ2n) is 3.88. The van der Waals surface area contributed by atoms with Crippen LogP contribution in [-0.2, 0) is 4.57 Å². The number of unbranched alkanes of at least 4 members (excludes halogenated alkanes) is 4. The van der Waals surface area contributed by atoms with E-state index in [2.05, 4.69) is 13.8 Å². The molecule has 0 fully saturated rings. The molecule has 0 aromatic heterocycles. The quantitative estimate of drug-likeness (QED) is 0.478. The Labute approximate surface area is 92.9 Å². The van der Waals surface area contributed by atoms with Crippen LogP contribution in [0.5, 0.6) is 0 Å². The maximum Gasteiger partial charge on any atom is 0.402 e. The summed E-state index contributed by atoms with van der Waals surface area (Å²) < 4.78 is 12.5. The van der Waals surface area contributed by atoms with Gasteiger partial charge in [-0.05, 0) is 12.8 Å². The van der Waals surface area contributed by atoms with Crippen molar-refractivity contribution in [3.8, 4) is 0 Å². The number of nitrogens with zero attached hydrogens (tertiary/aromatic N) is 1. The van der Waals surface area contributed by atoms with E-state index in [0.29, 0.717) is 13.1 Å². The van der Waals surface area contributed by atoms with E-state index in [9.17, 15) is 4.57 Å². The van der Waals surface area contributed by atoms with Gasteiger partial charge in [-0.25, -0.2) is 9.24 Å². The minimum Gasteiger partial charge on any atom is -0.312 e. The number of hydrogen-bond acceptors (Lipinski definition) is 1. The zero-order chi connectivity index (χ0) is 11.7. The summed E-state index contributed by atoms with van der Waals surface area (Å²) in [5.41, 5.74) is 0. The van der Waals surface area contributed by atoms with Crippen molar-refractivity contribution in [3.63, 3.8) is 0 Å². The highest BCUT2D eigenvalue weighted by atomic mass is 31.2. The lowest BCUT2D eigenvalue weighted by Crippen LogP contribution is -2.22. The molecule has 2 N–H and O–H groups in total. The minimum atomic E-state index is -4.02. The highest BCUT2D eigenvalue weighted by Crippen LogP contribution is 2.40. The minimum absolute atomic E-state index is 0.516. The molecule has 0 saturated heterocycles. The molecule has 0 aliphatic carbocycles. The van der Waals surface area contributed by atoms with E-state index in [4.69, 9.17) is 9.79 Å². The molecular formula is C10H24NO3P. The summed E-state index contributed by atoms with van der Waals surface area (Å²) in [6, 6.07) is 0. The molecule has 0 aromatic rings. The van der Waals surface area contributed by atoms with Gasteiger partial charge in [0, 0.05) is 13.1 Å². The third-order valence-electron chi connectivity index (χ3n) is 2.41. The van der Waals surface area contributed by atoms with Gasteiger partial charge in [0.15, 0.2) is 0 Å². The maximum atomic E-state index is 11.1. The van der Waals surface area contributed by atoms with Gasteiger partial charge in [0.1, 0.15) is 0 Å². The lowest BCUT2D eigenvalue weighted by Gasteiger charge is -2.22. The van der Waals surface area contributed by atoms with E-state index in [0.717, 1.165) is 38.5 Å². The van der Waals surface area contributed by atoms with Gasteiger partial charge in [0.05, 0.1) is 0 Å². The molecule has 15 heavy (non-hydrogen) atoms. The Hall–Kier alpha value is 0.110. The molecule has 0 bridgehead atoms. The topological polar surface area (TPSA) is 60.8 Å². The standard InChI is InChI=1S/C10H24NO3P/c1-3-5-7-9-11(15(12,13)14)10-8-6-4-2/h3-10H2,1-2H3,(H2,12,13,14). The molecule has 0 amide bonds. The van der Waals surface area contributed by atoms with Gasteiger partial charge in [0.2, 0.25) is 0 Å². The van der Waals surface area contributed by atoms with E-state index in [1.807, 2.05) is 0 Å². The van der Waals surface area contributed by atoms with Crippen LogP contribution in [0, 0.1) is 0 Å². The monoisotopic (exact) mass is 237 g/mol. The predicted molar refractivity (Wildman–Crippen MR) is 62.7 cm³/mol. The highest BCUT2D eigenvalue weighted by Gasteiger charge is 2.23. The van der Waals surface area contributed by atoms with E-state index >= 15 is 0 Å². The van der Waals surface area contributed by atoms with Crippen molar-refractivity contribution >= 4 is 7.75 Å². The van der Waals surface area contributed by atoms with E-state index in [1.165, 1.54) is 4.67 Å². The lowest BCUT2D eigenvalue weighted by atomic mass is 10.2. The molecule has 92 valence electrons.